The number of amides is 1. The minimum absolute atomic E-state index is 0.410. The zero-order valence-electron chi connectivity index (χ0n) is 10.9. The molecule has 106 valence electrons. The molecule has 0 saturated heterocycles. The summed E-state index contributed by atoms with van der Waals surface area (Å²) in [4.78, 5) is 27.2. The van der Waals surface area contributed by atoms with Gasteiger partial charge < -0.3 is 15.4 Å². The predicted octanol–water partition coefficient (Wildman–Crippen LogP) is 2.79. The third-order valence-corrected chi connectivity index (χ3v) is 4.10. The maximum Gasteiger partial charge on any atom is 0.331 e. The number of carboxylic acid groups (broad SMARTS) is 1. The van der Waals surface area contributed by atoms with Gasteiger partial charge in [-0.3, -0.25) is 4.79 Å². The van der Waals surface area contributed by atoms with Gasteiger partial charge in [0.1, 0.15) is 0 Å². The molecule has 6 heteroatoms. The number of H-pyrrole nitrogens is 1. The molecule has 0 aliphatic heterocycles. The van der Waals surface area contributed by atoms with E-state index < -0.39 is 17.9 Å². The molecule has 0 fully saturated rings. The van der Waals surface area contributed by atoms with E-state index in [2.05, 4.69) is 10.3 Å². The second-order valence-corrected chi connectivity index (χ2v) is 5.52. The summed E-state index contributed by atoms with van der Waals surface area (Å²) in [6.07, 6.45) is 1.79. The Labute approximate surface area is 124 Å². The van der Waals surface area contributed by atoms with Gasteiger partial charge in [-0.15, -0.1) is 11.3 Å². The second kappa shape index (κ2) is 5.41. The number of carbonyl (C=O) groups is 2. The fraction of sp³-hybridized carbons (Fsp3) is 0.0667. The van der Waals surface area contributed by atoms with E-state index in [-0.39, 0.29) is 0 Å². The molecule has 1 atom stereocenters. The number of benzene rings is 1. The van der Waals surface area contributed by atoms with E-state index in [0.717, 1.165) is 10.9 Å². The SMILES string of the molecule is O=C(NC(C(=O)O)c1cccs1)c1ccc2cc[nH]c2c1. The lowest BCUT2D eigenvalue weighted by atomic mass is 10.1. The van der Waals surface area contributed by atoms with Gasteiger partial charge in [0.25, 0.3) is 5.91 Å². The number of thiophene rings is 1. The first-order chi connectivity index (χ1) is 10.1. The Kier molecular flexibility index (Phi) is 3.45. The van der Waals surface area contributed by atoms with Crippen LogP contribution in [-0.4, -0.2) is 22.0 Å². The third-order valence-electron chi connectivity index (χ3n) is 3.17. The summed E-state index contributed by atoms with van der Waals surface area (Å²) in [6, 6.07) is 9.53. The van der Waals surface area contributed by atoms with Gasteiger partial charge in [0.15, 0.2) is 6.04 Å². The molecule has 3 N–H and O–H groups in total. The summed E-state index contributed by atoms with van der Waals surface area (Å²) in [5, 5.41) is 14.6. The highest BCUT2D eigenvalue weighted by molar-refractivity contribution is 7.10. The summed E-state index contributed by atoms with van der Waals surface area (Å²) < 4.78 is 0. The van der Waals surface area contributed by atoms with Crippen molar-refractivity contribution in [2.75, 3.05) is 0 Å². The quantitative estimate of drug-likeness (QED) is 0.693. The van der Waals surface area contributed by atoms with Gasteiger partial charge in [0, 0.05) is 22.2 Å². The van der Waals surface area contributed by atoms with Crippen LogP contribution in [0.5, 0.6) is 0 Å². The highest BCUT2D eigenvalue weighted by atomic mass is 32.1. The molecular formula is C15H12N2O3S. The fourth-order valence-electron chi connectivity index (χ4n) is 2.11. The van der Waals surface area contributed by atoms with Crippen LogP contribution in [0.15, 0.2) is 48.0 Å². The lowest BCUT2D eigenvalue weighted by molar-refractivity contribution is -0.139. The molecule has 2 aromatic heterocycles. The van der Waals surface area contributed by atoms with Gasteiger partial charge in [0.2, 0.25) is 0 Å². The van der Waals surface area contributed by atoms with Crippen molar-refractivity contribution in [2.24, 2.45) is 0 Å². The Hall–Kier alpha value is -2.60. The molecule has 1 aromatic carbocycles. The number of aromatic amines is 1. The third kappa shape index (κ3) is 2.66. The van der Waals surface area contributed by atoms with Crippen LogP contribution in [0.25, 0.3) is 10.9 Å². The molecule has 3 aromatic rings. The van der Waals surface area contributed by atoms with Crippen molar-refractivity contribution in [2.45, 2.75) is 6.04 Å². The van der Waals surface area contributed by atoms with Crippen molar-refractivity contribution in [1.29, 1.82) is 0 Å². The monoisotopic (exact) mass is 300 g/mol. The lowest BCUT2D eigenvalue weighted by Crippen LogP contribution is -2.33. The number of carbonyl (C=O) groups excluding carboxylic acids is 1. The van der Waals surface area contributed by atoms with Crippen molar-refractivity contribution in [3.63, 3.8) is 0 Å². The molecular weight excluding hydrogens is 288 g/mol. The van der Waals surface area contributed by atoms with Crippen LogP contribution in [-0.2, 0) is 4.79 Å². The molecule has 1 unspecified atom stereocenters. The van der Waals surface area contributed by atoms with Crippen molar-refractivity contribution in [3.8, 4) is 0 Å². The standard InChI is InChI=1S/C15H12N2O3S/c18-14(10-4-3-9-5-6-16-11(9)8-10)17-13(15(19)20)12-2-1-7-21-12/h1-8,13,16H,(H,17,18)(H,19,20). The van der Waals surface area contributed by atoms with Gasteiger partial charge in [-0.1, -0.05) is 12.1 Å². The Morgan fingerprint density at radius 3 is 2.81 bits per heavy atom. The molecule has 21 heavy (non-hydrogen) atoms. The largest absolute Gasteiger partial charge is 0.479 e. The van der Waals surface area contributed by atoms with Crippen LogP contribution >= 0.6 is 11.3 Å². The van der Waals surface area contributed by atoms with Gasteiger partial charge >= 0.3 is 5.97 Å². The fourth-order valence-corrected chi connectivity index (χ4v) is 2.88. The molecule has 0 spiro atoms. The first-order valence-electron chi connectivity index (χ1n) is 6.29. The Bertz CT molecular complexity index is 792. The van der Waals surface area contributed by atoms with Crippen LogP contribution < -0.4 is 5.32 Å². The number of rotatable bonds is 4. The molecule has 0 saturated carbocycles. The molecule has 3 rings (SSSR count). The highest BCUT2D eigenvalue weighted by Gasteiger charge is 2.23. The number of fused-ring (bicyclic) bond motifs is 1. The molecule has 0 radical (unpaired) electrons. The van der Waals surface area contributed by atoms with Gasteiger partial charge in [-0.2, -0.15) is 0 Å². The zero-order valence-corrected chi connectivity index (χ0v) is 11.7. The maximum atomic E-state index is 12.2. The topological polar surface area (TPSA) is 82.2 Å². The molecule has 5 nitrogen and oxygen atoms in total. The number of aromatic nitrogens is 1. The summed E-state index contributed by atoms with van der Waals surface area (Å²) in [5.41, 5.74) is 1.26. The van der Waals surface area contributed by atoms with Crippen molar-refractivity contribution >= 4 is 34.1 Å². The Morgan fingerprint density at radius 2 is 2.10 bits per heavy atom. The second-order valence-electron chi connectivity index (χ2n) is 4.54. The highest BCUT2D eigenvalue weighted by Crippen LogP contribution is 2.20. The lowest BCUT2D eigenvalue weighted by Gasteiger charge is -2.13. The van der Waals surface area contributed by atoms with E-state index in [0.29, 0.717) is 10.4 Å². The molecule has 1 amide bonds. The van der Waals surface area contributed by atoms with Crippen LogP contribution in [0.4, 0.5) is 0 Å². The molecule has 0 aliphatic carbocycles. The Morgan fingerprint density at radius 1 is 1.24 bits per heavy atom. The first-order valence-corrected chi connectivity index (χ1v) is 7.17. The first kappa shape index (κ1) is 13.4. The summed E-state index contributed by atoms with van der Waals surface area (Å²) in [7, 11) is 0. The van der Waals surface area contributed by atoms with Gasteiger partial charge in [-0.25, -0.2) is 4.79 Å². The van der Waals surface area contributed by atoms with Crippen LogP contribution in [0.2, 0.25) is 0 Å². The number of aliphatic carboxylic acids is 1. The van der Waals surface area contributed by atoms with E-state index in [1.54, 1.807) is 35.8 Å². The summed E-state index contributed by atoms with van der Waals surface area (Å²) in [6.45, 7) is 0. The Balaban J connectivity index is 1.85. The molecule has 0 aliphatic rings. The number of hydrogen-bond donors (Lipinski definition) is 3. The number of hydrogen-bond acceptors (Lipinski definition) is 3. The van der Waals surface area contributed by atoms with Gasteiger partial charge in [-0.05, 0) is 35.0 Å². The minimum atomic E-state index is -1.08. The van der Waals surface area contributed by atoms with E-state index in [1.807, 2.05) is 12.1 Å². The predicted molar refractivity (Wildman–Crippen MR) is 80.5 cm³/mol. The van der Waals surface area contributed by atoms with Crippen LogP contribution in [0, 0.1) is 0 Å². The summed E-state index contributed by atoms with van der Waals surface area (Å²) >= 11 is 1.30. The average molecular weight is 300 g/mol. The normalized spacial score (nSPS) is 12.2. The van der Waals surface area contributed by atoms with E-state index in [9.17, 15) is 14.7 Å². The minimum Gasteiger partial charge on any atom is -0.479 e. The smallest absolute Gasteiger partial charge is 0.331 e. The van der Waals surface area contributed by atoms with E-state index in [4.69, 9.17) is 0 Å². The molecule has 2 heterocycles. The zero-order chi connectivity index (χ0) is 14.8. The van der Waals surface area contributed by atoms with Crippen molar-refractivity contribution in [1.82, 2.24) is 10.3 Å². The number of nitrogens with one attached hydrogen (secondary N) is 2. The maximum absolute atomic E-state index is 12.2. The average Bonchev–Trinajstić information content (AvgIpc) is 3.14. The molecule has 0 bridgehead atoms. The van der Waals surface area contributed by atoms with E-state index in [1.165, 1.54) is 11.3 Å². The number of carboxylic acids is 1. The van der Waals surface area contributed by atoms with Crippen LogP contribution in [0.3, 0.4) is 0 Å². The van der Waals surface area contributed by atoms with Crippen LogP contribution in [0.1, 0.15) is 21.3 Å². The van der Waals surface area contributed by atoms with Crippen molar-refractivity contribution < 1.29 is 14.7 Å². The summed E-state index contributed by atoms with van der Waals surface area (Å²) in [5.74, 6) is -1.49. The van der Waals surface area contributed by atoms with Crippen molar-refractivity contribution in [3.05, 3.63) is 58.4 Å². The van der Waals surface area contributed by atoms with E-state index >= 15 is 0 Å². The van der Waals surface area contributed by atoms with Gasteiger partial charge in [0.05, 0.1) is 0 Å².